The number of rotatable bonds is 0. The summed E-state index contributed by atoms with van der Waals surface area (Å²) < 4.78 is 25.9. The summed E-state index contributed by atoms with van der Waals surface area (Å²) in [5.74, 6) is 0. The van der Waals surface area contributed by atoms with E-state index in [1.807, 2.05) is 6.07 Å². The first kappa shape index (κ1) is 14.5. The lowest BCUT2D eigenvalue weighted by molar-refractivity contribution is 0.490. The van der Waals surface area contributed by atoms with Crippen LogP contribution in [0.2, 0.25) is 0 Å². The normalized spacial score (nSPS) is 10.5. The molecule has 1 rings (SSSR count). The molecular weight excluding hydrogens is 232 g/mol. The van der Waals surface area contributed by atoms with Gasteiger partial charge < -0.3 is 0 Å². The van der Waals surface area contributed by atoms with E-state index in [1.165, 1.54) is 16.7 Å². The molecule has 0 amide bonds. The molecule has 0 radical (unpaired) electrons. The zero-order chi connectivity index (χ0) is 12.2. The molecule has 15 heavy (non-hydrogen) atoms. The van der Waals surface area contributed by atoms with Crippen LogP contribution in [-0.2, 0) is 10.1 Å². The molecule has 5 heteroatoms. The van der Waals surface area contributed by atoms with Crippen molar-refractivity contribution < 1.29 is 13.0 Å². The molecule has 0 saturated carbocycles. The fourth-order valence-electron chi connectivity index (χ4n) is 0.942. The van der Waals surface area contributed by atoms with Crippen molar-refractivity contribution in [2.45, 2.75) is 25.7 Å². The van der Waals surface area contributed by atoms with E-state index < -0.39 is 10.1 Å². The topological polar surface area (TPSA) is 54.4 Å². The molecule has 0 heterocycles. The highest BCUT2D eigenvalue weighted by Gasteiger charge is 1.98. The summed E-state index contributed by atoms with van der Waals surface area (Å²) in [6.45, 7) is 6.35. The molecule has 0 bridgehead atoms. The summed E-state index contributed by atoms with van der Waals surface area (Å²) in [7, 11) is -3.67. The Labute approximate surface area is 96.7 Å². The van der Waals surface area contributed by atoms with Gasteiger partial charge in [0.2, 0.25) is 0 Å². The zero-order valence-corrected chi connectivity index (χ0v) is 11.0. The van der Waals surface area contributed by atoms with Gasteiger partial charge in [0.25, 0.3) is 10.1 Å². The van der Waals surface area contributed by atoms with Gasteiger partial charge in [-0.1, -0.05) is 6.07 Å². The van der Waals surface area contributed by atoms with Gasteiger partial charge in [-0.3, -0.25) is 4.55 Å². The molecule has 1 aromatic rings. The summed E-state index contributed by atoms with van der Waals surface area (Å²) in [5, 5.41) is 0. The van der Waals surface area contributed by atoms with Gasteiger partial charge in [-0.25, -0.2) is 0 Å². The van der Waals surface area contributed by atoms with Crippen LogP contribution in [0.1, 0.15) is 16.7 Å². The third-order valence-electron chi connectivity index (χ3n) is 2.03. The van der Waals surface area contributed by atoms with Crippen LogP contribution in [0.5, 0.6) is 0 Å². The SMILES string of the molecule is CS(=O)(=O)O.Cc1ccc(S)c(C)c1C. The summed E-state index contributed by atoms with van der Waals surface area (Å²) >= 11 is 4.31. The van der Waals surface area contributed by atoms with Crippen molar-refractivity contribution in [2.75, 3.05) is 6.26 Å². The Hall–Kier alpha value is -0.520. The van der Waals surface area contributed by atoms with Crippen molar-refractivity contribution in [3.63, 3.8) is 0 Å². The maximum atomic E-state index is 9.19. The first-order chi connectivity index (χ1) is 6.63. The average molecular weight is 248 g/mol. The smallest absolute Gasteiger partial charge is 0.261 e. The van der Waals surface area contributed by atoms with E-state index in [0.717, 1.165) is 4.90 Å². The van der Waals surface area contributed by atoms with Crippen molar-refractivity contribution >= 4 is 22.7 Å². The van der Waals surface area contributed by atoms with Crippen molar-refractivity contribution in [1.29, 1.82) is 0 Å². The molecule has 1 N–H and O–H groups in total. The van der Waals surface area contributed by atoms with E-state index in [1.54, 1.807) is 0 Å². The minimum Gasteiger partial charge on any atom is -0.286 e. The second-order valence-corrected chi connectivity index (χ2v) is 5.33. The van der Waals surface area contributed by atoms with Crippen LogP contribution in [0.4, 0.5) is 0 Å². The molecular formula is C10H16O3S2. The summed E-state index contributed by atoms with van der Waals surface area (Å²) in [6.07, 6.45) is 0.715. The van der Waals surface area contributed by atoms with Gasteiger partial charge in [-0.2, -0.15) is 8.42 Å². The van der Waals surface area contributed by atoms with Crippen molar-refractivity contribution in [2.24, 2.45) is 0 Å². The fourth-order valence-corrected chi connectivity index (χ4v) is 1.18. The van der Waals surface area contributed by atoms with Crippen LogP contribution in [0.25, 0.3) is 0 Å². The van der Waals surface area contributed by atoms with Crippen LogP contribution >= 0.6 is 12.6 Å². The van der Waals surface area contributed by atoms with E-state index in [0.29, 0.717) is 6.26 Å². The van der Waals surface area contributed by atoms with Gasteiger partial charge >= 0.3 is 0 Å². The Bertz CT molecular complexity index is 401. The van der Waals surface area contributed by atoms with Gasteiger partial charge in [-0.05, 0) is 43.5 Å². The number of benzene rings is 1. The van der Waals surface area contributed by atoms with Gasteiger partial charge in [-0.15, -0.1) is 12.6 Å². The Morgan fingerprint density at radius 2 is 1.53 bits per heavy atom. The first-order valence-corrected chi connectivity index (χ1v) is 6.60. The Morgan fingerprint density at radius 3 is 1.87 bits per heavy atom. The maximum absolute atomic E-state index is 9.19. The summed E-state index contributed by atoms with van der Waals surface area (Å²) in [4.78, 5) is 1.09. The van der Waals surface area contributed by atoms with Crippen LogP contribution in [-0.4, -0.2) is 19.2 Å². The molecule has 0 aromatic heterocycles. The lowest BCUT2D eigenvalue weighted by atomic mass is 10.1. The lowest BCUT2D eigenvalue weighted by Gasteiger charge is -2.05. The highest BCUT2D eigenvalue weighted by Crippen LogP contribution is 2.19. The molecule has 0 fully saturated rings. The number of hydrogen-bond donors (Lipinski definition) is 2. The maximum Gasteiger partial charge on any atom is 0.261 e. The van der Waals surface area contributed by atoms with Crippen LogP contribution < -0.4 is 0 Å². The van der Waals surface area contributed by atoms with E-state index in [-0.39, 0.29) is 0 Å². The molecule has 0 spiro atoms. The molecule has 0 aliphatic rings. The molecule has 1 aromatic carbocycles. The van der Waals surface area contributed by atoms with Crippen molar-refractivity contribution in [3.8, 4) is 0 Å². The van der Waals surface area contributed by atoms with Crippen LogP contribution in [0, 0.1) is 20.8 Å². The van der Waals surface area contributed by atoms with E-state index in [2.05, 4.69) is 39.5 Å². The molecule has 0 aliphatic heterocycles. The highest BCUT2D eigenvalue weighted by molar-refractivity contribution is 7.85. The summed E-state index contributed by atoms with van der Waals surface area (Å²) in [6, 6.07) is 4.14. The largest absolute Gasteiger partial charge is 0.286 e. The van der Waals surface area contributed by atoms with Crippen LogP contribution in [0.15, 0.2) is 17.0 Å². The molecule has 3 nitrogen and oxygen atoms in total. The van der Waals surface area contributed by atoms with E-state index in [9.17, 15) is 8.42 Å². The second kappa shape index (κ2) is 5.53. The number of hydrogen-bond acceptors (Lipinski definition) is 3. The molecule has 86 valence electrons. The monoisotopic (exact) mass is 248 g/mol. The second-order valence-electron chi connectivity index (χ2n) is 3.38. The Kier molecular flexibility index (Phi) is 5.34. The summed E-state index contributed by atoms with van der Waals surface area (Å²) in [5.41, 5.74) is 3.99. The molecule has 0 saturated heterocycles. The van der Waals surface area contributed by atoms with Gasteiger partial charge in [0.15, 0.2) is 0 Å². The Morgan fingerprint density at radius 1 is 1.13 bits per heavy atom. The van der Waals surface area contributed by atoms with Gasteiger partial charge in [0.05, 0.1) is 6.26 Å². The third-order valence-corrected chi connectivity index (χ3v) is 2.51. The van der Waals surface area contributed by atoms with E-state index in [4.69, 9.17) is 4.55 Å². The Balaban J connectivity index is 0.000000336. The average Bonchev–Trinajstić information content (AvgIpc) is 2.05. The van der Waals surface area contributed by atoms with Gasteiger partial charge in [0, 0.05) is 4.90 Å². The van der Waals surface area contributed by atoms with Crippen LogP contribution in [0.3, 0.4) is 0 Å². The standard InChI is InChI=1S/C9H12S.CH4O3S/c1-6-4-5-9(10)8(3)7(6)2;1-5(2,3)4/h4-5,10H,1-3H3;1H3,(H,2,3,4). The first-order valence-electron chi connectivity index (χ1n) is 4.31. The predicted octanol–water partition coefficient (Wildman–Crippen LogP) is 2.40. The molecule has 0 atom stereocenters. The highest BCUT2D eigenvalue weighted by atomic mass is 32.2. The van der Waals surface area contributed by atoms with Crippen molar-refractivity contribution in [1.82, 2.24) is 0 Å². The fraction of sp³-hybridized carbons (Fsp3) is 0.400. The zero-order valence-electron chi connectivity index (χ0n) is 9.27. The lowest BCUT2D eigenvalue weighted by Crippen LogP contribution is -1.88. The minimum atomic E-state index is -3.67. The quantitative estimate of drug-likeness (QED) is 0.547. The van der Waals surface area contributed by atoms with Crippen molar-refractivity contribution in [3.05, 3.63) is 28.8 Å². The number of thiol groups is 1. The van der Waals surface area contributed by atoms with E-state index >= 15 is 0 Å². The molecule has 0 unspecified atom stereocenters. The van der Waals surface area contributed by atoms with Gasteiger partial charge in [0.1, 0.15) is 0 Å². The predicted molar refractivity (Wildman–Crippen MR) is 65.4 cm³/mol. The minimum absolute atomic E-state index is 0.715. The molecule has 0 aliphatic carbocycles. The number of aryl methyl sites for hydroxylation is 1. The third kappa shape index (κ3) is 6.54.